The SMILES string of the molecule is Cc1ccc(-n2cccc2CN2CCOCC2)cc1. The summed E-state index contributed by atoms with van der Waals surface area (Å²) in [4.78, 5) is 2.45. The van der Waals surface area contributed by atoms with Crippen molar-refractivity contribution in [3.63, 3.8) is 0 Å². The first-order valence-electron chi connectivity index (χ1n) is 6.86. The number of hydrogen-bond acceptors (Lipinski definition) is 2. The molecule has 0 aliphatic carbocycles. The Hall–Kier alpha value is -1.58. The first-order chi connectivity index (χ1) is 9.33. The van der Waals surface area contributed by atoms with E-state index in [-0.39, 0.29) is 0 Å². The van der Waals surface area contributed by atoms with Gasteiger partial charge in [-0.1, -0.05) is 17.7 Å². The molecule has 1 aliphatic rings. The van der Waals surface area contributed by atoms with Gasteiger partial charge in [0.25, 0.3) is 0 Å². The summed E-state index contributed by atoms with van der Waals surface area (Å²) in [6.07, 6.45) is 2.14. The summed E-state index contributed by atoms with van der Waals surface area (Å²) < 4.78 is 7.67. The second kappa shape index (κ2) is 5.59. The highest BCUT2D eigenvalue weighted by Crippen LogP contribution is 2.15. The van der Waals surface area contributed by atoms with Crippen molar-refractivity contribution in [2.75, 3.05) is 26.3 Å². The van der Waals surface area contributed by atoms with Gasteiger partial charge in [0.2, 0.25) is 0 Å². The van der Waals surface area contributed by atoms with Crippen molar-refractivity contribution < 1.29 is 4.74 Å². The molecule has 3 nitrogen and oxygen atoms in total. The Labute approximate surface area is 114 Å². The zero-order valence-electron chi connectivity index (χ0n) is 11.4. The highest BCUT2D eigenvalue weighted by atomic mass is 16.5. The standard InChI is InChI=1S/C16H20N2O/c1-14-4-6-15(7-5-14)18-8-2-3-16(18)13-17-9-11-19-12-10-17/h2-8H,9-13H2,1H3. The lowest BCUT2D eigenvalue weighted by molar-refractivity contribution is 0.0334. The van der Waals surface area contributed by atoms with Crippen LogP contribution in [0, 0.1) is 6.92 Å². The molecule has 0 unspecified atom stereocenters. The molecule has 100 valence electrons. The molecular weight excluding hydrogens is 236 g/mol. The van der Waals surface area contributed by atoms with Crippen molar-refractivity contribution in [2.24, 2.45) is 0 Å². The van der Waals surface area contributed by atoms with Crippen LogP contribution >= 0.6 is 0 Å². The normalized spacial score (nSPS) is 16.7. The van der Waals surface area contributed by atoms with E-state index in [9.17, 15) is 0 Å². The van der Waals surface area contributed by atoms with Gasteiger partial charge in [0.1, 0.15) is 0 Å². The maximum Gasteiger partial charge on any atom is 0.0594 e. The molecule has 1 aromatic heterocycles. The lowest BCUT2D eigenvalue weighted by Gasteiger charge is -2.27. The molecule has 0 atom stereocenters. The number of rotatable bonds is 3. The summed E-state index contributed by atoms with van der Waals surface area (Å²) in [7, 11) is 0. The van der Waals surface area contributed by atoms with Crippen LogP contribution in [-0.4, -0.2) is 35.8 Å². The molecule has 19 heavy (non-hydrogen) atoms. The minimum absolute atomic E-state index is 0.852. The van der Waals surface area contributed by atoms with E-state index in [0.29, 0.717) is 0 Å². The quantitative estimate of drug-likeness (QED) is 0.840. The van der Waals surface area contributed by atoms with E-state index < -0.39 is 0 Å². The molecule has 1 saturated heterocycles. The monoisotopic (exact) mass is 256 g/mol. The van der Waals surface area contributed by atoms with Gasteiger partial charge in [0.05, 0.1) is 13.2 Å². The minimum atomic E-state index is 0.852. The summed E-state index contributed by atoms with van der Waals surface area (Å²) >= 11 is 0. The van der Waals surface area contributed by atoms with E-state index >= 15 is 0 Å². The van der Waals surface area contributed by atoms with Crippen LogP contribution in [0.15, 0.2) is 42.6 Å². The Balaban J connectivity index is 1.79. The predicted octanol–water partition coefficient (Wildman–Crippen LogP) is 2.62. The van der Waals surface area contributed by atoms with Crippen molar-refractivity contribution in [1.82, 2.24) is 9.47 Å². The molecule has 0 N–H and O–H groups in total. The van der Waals surface area contributed by atoms with Gasteiger partial charge in [0.15, 0.2) is 0 Å². The van der Waals surface area contributed by atoms with Crippen LogP contribution in [0.5, 0.6) is 0 Å². The molecule has 0 bridgehead atoms. The van der Waals surface area contributed by atoms with Crippen molar-refractivity contribution in [2.45, 2.75) is 13.5 Å². The average molecular weight is 256 g/mol. The molecule has 2 aromatic rings. The van der Waals surface area contributed by atoms with Gasteiger partial charge in [-0.2, -0.15) is 0 Å². The average Bonchev–Trinajstić information content (AvgIpc) is 2.89. The number of ether oxygens (including phenoxy) is 1. The molecule has 1 aliphatic heterocycles. The van der Waals surface area contributed by atoms with E-state index in [4.69, 9.17) is 4.74 Å². The fraction of sp³-hybridized carbons (Fsp3) is 0.375. The fourth-order valence-electron chi connectivity index (χ4n) is 2.49. The van der Waals surface area contributed by atoms with Crippen molar-refractivity contribution in [1.29, 1.82) is 0 Å². The Kier molecular flexibility index (Phi) is 3.67. The van der Waals surface area contributed by atoms with E-state index in [1.165, 1.54) is 16.9 Å². The van der Waals surface area contributed by atoms with Crippen LogP contribution in [0.1, 0.15) is 11.3 Å². The summed E-state index contributed by atoms with van der Waals surface area (Å²) in [6, 6.07) is 13.0. The van der Waals surface area contributed by atoms with Crippen molar-refractivity contribution >= 4 is 0 Å². The number of morpholine rings is 1. The first-order valence-corrected chi connectivity index (χ1v) is 6.86. The second-order valence-corrected chi connectivity index (χ2v) is 5.09. The molecule has 3 heteroatoms. The summed E-state index contributed by atoms with van der Waals surface area (Å²) in [5.74, 6) is 0. The zero-order chi connectivity index (χ0) is 13.1. The third kappa shape index (κ3) is 2.88. The molecule has 0 saturated carbocycles. The zero-order valence-corrected chi connectivity index (χ0v) is 11.4. The van der Waals surface area contributed by atoms with Crippen LogP contribution in [0.3, 0.4) is 0 Å². The number of hydrogen-bond donors (Lipinski definition) is 0. The smallest absolute Gasteiger partial charge is 0.0594 e. The van der Waals surface area contributed by atoms with Crippen LogP contribution in [0.4, 0.5) is 0 Å². The van der Waals surface area contributed by atoms with Crippen LogP contribution in [0.25, 0.3) is 5.69 Å². The van der Waals surface area contributed by atoms with E-state index in [0.717, 1.165) is 32.8 Å². The second-order valence-electron chi connectivity index (χ2n) is 5.09. The largest absolute Gasteiger partial charge is 0.379 e. The van der Waals surface area contributed by atoms with Gasteiger partial charge in [0, 0.05) is 37.2 Å². The summed E-state index contributed by atoms with van der Waals surface area (Å²) in [5.41, 5.74) is 3.87. The van der Waals surface area contributed by atoms with Gasteiger partial charge in [-0.25, -0.2) is 0 Å². The minimum Gasteiger partial charge on any atom is -0.379 e. The Morgan fingerprint density at radius 2 is 1.79 bits per heavy atom. The molecule has 2 heterocycles. The van der Waals surface area contributed by atoms with Gasteiger partial charge in [-0.05, 0) is 31.2 Å². The number of aryl methyl sites for hydroxylation is 1. The fourth-order valence-corrected chi connectivity index (χ4v) is 2.49. The Morgan fingerprint density at radius 3 is 2.53 bits per heavy atom. The molecule has 1 fully saturated rings. The maximum atomic E-state index is 5.40. The Bertz CT molecular complexity index is 524. The highest BCUT2D eigenvalue weighted by Gasteiger charge is 2.13. The molecule has 3 rings (SSSR count). The number of benzene rings is 1. The summed E-state index contributed by atoms with van der Waals surface area (Å²) in [6.45, 7) is 6.87. The lowest BCUT2D eigenvalue weighted by atomic mass is 10.2. The predicted molar refractivity (Wildman–Crippen MR) is 76.6 cm³/mol. The van der Waals surface area contributed by atoms with E-state index in [2.05, 4.69) is 59.0 Å². The van der Waals surface area contributed by atoms with Crippen molar-refractivity contribution in [3.8, 4) is 5.69 Å². The van der Waals surface area contributed by atoms with Gasteiger partial charge >= 0.3 is 0 Å². The molecule has 0 spiro atoms. The lowest BCUT2D eigenvalue weighted by Crippen LogP contribution is -2.36. The van der Waals surface area contributed by atoms with Crippen LogP contribution < -0.4 is 0 Å². The van der Waals surface area contributed by atoms with E-state index in [1.807, 2.05) is 0 Å². The van der Waals surface area contributed by atoms with E-state index in [1.54, 1.807) is 0 Å². The number of aromatic nitrogens is 1. The van der Waals surface area contributed by atoms with Gasteiger partial charge in [-0.3, -0.25) is 4.90 Å². The summed E-state index contributed by atoms with van der Waals surface area (Å²) in [5, 5.41) is 0. The third-order valence-corrected chi connectivity index (χ3v) is 3.63. The van der Waals surface area contributed by atoms with Gasteiger partial charge < -0.3 is 9.30 Å². The van der Waals surface area contributed by atoms with Crippen molar-refractivity contribution in [3.05, 3.63) is 53.9 Å². The molecular formula is C16H20N2O. The van der Waals surface area contributed by atoms with Crippen LogP contribution in [0.2, 0.25) is 0 Å². The molecule has 0 amide bonds. The van der Waals surface area contributed by atoms with Crippen LogP contribution in [-0.2, 0) is 11.3 Å². The number of nitrogens with zero attached hydrogens (tertiary/aromatic N) is 2. The van der Waals surface area contributed by atoms with Gasteiger partial charge in [-0.15, -0.1) is 0 Å². The molecule has 0 radical (unpaired) electrons. The first kappa shape index (κ1) is 12.5. The topological polar surface area (TPSA) is 17.4 Å². The Morgan fingerprint density at radius 1 is 1.05 bits per heavy atom. The highest BCUT2D eigenvalue weighted by molar-refractivity contribution is 5.37. The maximum absolute atomic E-state index is 5.40. The third-order valence-electron chi connectivity index (χ3n) is 3.63. The molecule has 1 aromatic carbocycles.